The highest BCUT2D eigenvalue weighted by molar-refractivity contribution is 7.80. The van der Waals surface area contributed by atoms with Gasteiger partial charge >= 0.3 is 0 Å². The molecule has 0 aliphatic carbocycles. The zero-order valence-corrected chi connectivity index (χ0v) is 12.6. The molecule has 1 saturated heterocycles. The molecule has 1 aliphatic rings. The van der Waals surface area contributed by atoms with Crippen LogP contribution in [0, 0.1) is 0 Å². The molecule has 0 radical (unpaired) electrons. The summed E-state index contributed by atoms with van der Waals surface area (Å²) in [6.07, 6.45) is 5.89. The van der Waals surface area contributed by atoms with E-state index in [0.29, 0.717) is 11.7 Å². The Hall–Kier alpha value is -1.92. The Labute approximate surface area is 129 Å². The molecule has 6 heteroatoms. The molecule has 2 atom stereocenters. The summed E-state index contributed by atoms with van der Waals surface area (Å²) in [5, 5.41) is 13.3. The van der Waals surface area contributed by atoms with Crippen LogP contribution < -0.4 is 5.32 Å². The minimum Gasteiger partial charge on any atom is -0.395 e. The number of aliphatic hydroxyl groups is 1. The average Bonchev–Trinajstić information content (AvgIpc) is 3.05. The van der Waals surface area contributed by atoms with Crippen LogP contribution in [0.3, 0.4) is 0 Å². The molecule has 3 heterocycles. The standard InChI is InChI=1S/C15H18N4OS/c1-18-7-5-11(10-18)14-13(12-4-2-3-6-16-12)17-15(21)19(14)8-9-20/h2-7,10,13-14,20H,8-9H2,1H3,(H,17,21)/t13-,14+/m1/s1. The van der Waals surface area contributed by atoms with Crippen LogP contribution >= 0.6 is 12.2 Å². The van der Waals surface area contributed by atoms with Gasteiger partial charge in [0.25, 0.3) is 0 Å². The van der Waals surface area contributed by atoms with Gasteiger partial charge in [0.2, 0.25) is 0 Å². The predicted molar refractivity (Wildman–Crippen MR) is 84.7 cm³/mol. The smallest absolute Gasteiger partial charge is 0.170 e. The van der Waals surface area contributed by atoms with E-state index in [4.69, 9.17) is 12.2 Å². The number of hydrogen-bond acceptors (Lipinski definition) is 3. The van der Waals surface area contributed by atoms with Gasteiger partial charge in [0.15, 0.2) is 5.11 Å². The number of aromatic nitrogens is 2. The Morgan fingerprint density at radius 1 is 1.38 bits per heavy atom. The van der Waals surface area contributed by atoms with Crippen LogP contribution in [0.5, 0.6) is 0 Å². The summed E-state index contributed by atoms with van der Waals surface area (Å²) < 4.78 is 2.02. The quantitative estimate of drug-likeness (QED) is 0.836. The Morgan fingerprint density at radius 2 is 2.24 bits per heavy atom. The first kappa shape index (κ1) is 14.0. The molecule has 0 bridgehead atoms. The summed E-state index contributed by atoms with van der Waals surface area (Å²) in [6.45, 7) is 0.578. The lowest BCUT2D eigenvalue weighted by molar-refractivity contribution is 0.223. The van der Waals surface area contributed by atoms with Gasteiger partial charge in [-0.1, -0.05) is 6.07 Å². The second kappa shape index (κ2) is 5.83. The normalized spacial score (nSPS) is 21.6. The summed E-state index contributed by atoms with van der Waals surface area (Å²) in [4.78, 5) is 6.49. The van der Waals surface area contributed by atoms with Gasteiger partial charge in [-0.25, -0.2) is 0 Å². The summed E-state index contributed by atoms with van der Waals surface area (Å²) in [5.74, 6) is 0. The molecule has 21 heavy (non-hydrogen) atoms. The fourth-order valence-electron chi connectivity index (χ4n) is 2.82. The molecule has 1 aliphatic heterocycles. The lowest BCUT2D eigenvalue weighted by atomic mass is 9.99. The third kappa shape index (κ3) is 2.64. The molecule has 0 saturated carbocycles. The van der Waals surface area contributed by atoms with E-state index in [9.17, 15) is 5.11 Å². The zero-order chi connectivity index (χ0) is 14.8. The number of pyridine rings is 1. The number of nitrogens with one attached hydrogen (secondary N) is 1. The van der Waals surface area contributed by atoms with Crippen LogP contribution in [0.2, 0.25) is 0 Å². The lowest BCUT2D eigenvalue weighted by Gasteiger charge is -2.26. The van der Waals surface area contributed by atoms with Crippen molar-refractivity contribution in [3.8, 4) is 0 Å². The molecule has 2 aromatic rings. The summed E-state index contributed by atoms with van der Waals surface area (Å²) in [6, 6.07) is 8.00. The lowest BCUT2D eigenvalue weighted by Crippen LogP contribution is -2.32. The highest BCUT2D eigenvalue weighted by Gasteiger charge is 2.39. The van der Waals surface area contributed by atoms with Crippen LogP contribution in [0.25, 0.3) is 0 Å². The molecule has 0 unspecified atom stereocenters. The van der Waals surface area contributed by atoms with Crippen molar-refractivity contribution in [3.05, 3.63) is 54.1 Å². The van der Waals surface area contributed by atoms with Crippen molar-refractivity contribution in [1.29, 1.82) is 0 Å². The second-order valence-electron chi connectivity index (χ2n) is 5.15. The fraction of sp³-hybridized carbons (Fsp3) is 0.333. The van der Waals surface area contributed by atoms with Crippen molar-refractivity contribution < 1.29 is 5.11 Å². The van der Waals surface area contributed by atoms with Crippen molar-refractivity contribution in [2.24, 2.45) is 7.05 Å². The molecule has 110 valence electrons. The number of thiocarbonyl (C=S) groups is 1. The molecule has 0 aromatic carbocycles. The van der Waals surface area contributed by atoms with Gasteiger partial charge in [-0.3, -0.25) is 4.98 Å². The Morgan fingerprint density at radius 3 is 2.86 bits per heavy atom. The Balaban J connectivity index is 2.00. The molecule has 5 nitrogen and oxygen atoms in total. The Bertz CT molecular complexity index is 628. The first-order valence-electron chi connectivity index (χ1n) is 6.91. The summed E-state index contributed by atoms with van der Waals surface area (Å²) >= 11 is 5.44. The minimum absolute atomic E-state index is 0.00681. The van der Waals surface area contributed by atoms with Gasteiger partial charge in [-0.2, -0.15) is 0 Å². The number of rotatable bonds is 4. The average molecular weight is 302 g/mol. The van der Waals surface area contributed by atoms with Gasteiger partial charge in [-0.05, 0) is 36.0 Å². The van der Waals surface area contributed by atoms with E-state index in [1.807, 2.05) is 40.9 Å². The molecule has 3 rings (SSSR count). The molecule has 0 amide bonds. The molecule has 0 spiro atoms. The van der Waals surface area contributed by atoms with Crippen molar-refractivity contribution in [2.75, 3.05) is 13.2 Å². The third-order valence-corrected chi connectivity index (χ3v) is 4.09. The number of aryl methyl sites for hydroxylation is 1. The molecular formula is C15H18N4OS. The van der Waals surface area contributed by atoms with Crippen LogP contribution in [-0.2, 0) is 7.05 Å². The predicted octanol–water partition coefficient (Wildman–Crippen LogP) is 1.38. The van der Waals surface area contributed by atoms with Crippen LogP contribution in [0.4, 0.5) is 0 Å². The minimum atomic E-state index is -0.00681. The number of β-amino-alcohol motifs (C(OH)–C–C–N with tert-alkyl or cyclic N) is 1. The highest BCUT2D eigenvalue weighted by Crippen LogP contribution is 2.38. The van der Waals surface area contributed by atoms with Crippen LogP contribution in [0.1, 0.15) is 23.3 Å². The first-order valence-corrected chi connectivity index (χ1v) is 7.32. The van der Waals surface area contributed by atoms with Crippen molar-refractivity contribution >= 4 is 17.3 Å². The van der Waals surface area contributed by atoms with E-state index in [1.165, 1.54) is 0 Å². The maximum absolute atomic E-state index is 9.32. The van der Waals surface area contributed by atoms with E-state index in [0.717, 1.165) is 11.3 Å². The first-order chi connectivity index (χ1) is 10.2. The van der Waals surface area contributed by atoms with Crippen molar-refractivity contribution in [3.63, 3.8) is 0 Å². The van der Waals surface area contributed by atoms with Gasteiger partial charge < -0.3 is 19.9 Å². The summed E-state index contributed by atoms with van der Waals surface area (Å²) in [5.41, 5.74) is 2.11. The molecule has 2 aromatic heterocycles. The van der Waals surface area contributed by atoms with Crippen molar-refractivity contribution in [1.82, 2.24) is 19.8 Å². The molecular weight excluding hydrogens is 284 g/mol. The number of nitrogens with zero attached hydrogens (tertiary/aromatic N) is 3. The van der Waals surface area contributed by atoms with Gasteiger partial charge in [0.05, 0.1) is 24.4 Å². The maximum Gasteiger partial charge on any atom is 0.170 e. The zero-order valence-electron chi connectivity index (χ0n) is 11.8. The van der Waals surface area contributed by atoms with E-state index >= 15 is 0 Å². The van der Waals surface area contributed by atoms with E-state index < -0.39 is 0 Å². The van der Waals surface area contributed by atoms with Crippen LogP contribution in [-0.4, -0.2) is 37.8 Å². The highest BCUT2D eigenvalue weighted by atomic mass is 32.1. The summed E-state index contributed by atoms with van der Waals surface area (Å²) in [7, 11) is 2.00. The van der Waals surface area contributed by atoms with E-state index in [-0.39, 0.29) is 18.7 Å². The fourth-order valence-corrected chi connectivity index (χ4v) is 3.15. The largest absolute Gasteiger partial charge is 0.395 e. The van der Waals surface area contributed by atoms with Gasteiger partial charge in [0, 0.05) is 32.2 Å². The van der Waals surface area contributed by atoms with E-state index in [2.05, 4.69) is 22.6 Å². The van der Waals surface area contributed by atoms with Crippen molar-refractivity contribution in [2.45, 2.75) is 12.1 Å². The topological polar surface area (TPSA) is 53.3 Å². The van der Waals surface area contributed by atoms with Gasteiger partial charge in [0.1, 0.15) is 0 Å². The monoisotopic (exact) mass is 302 g/mol. The van der Waals surface area contributed by atoms with E-state index in [1.54, 1.807) is 6.20 Å². The second-order valence-corrected chi connectivity index (χ2v) is 5.54. The van der Waals surface area contributed by atoms with Crippen LogP contribution in [0.15, 0.2) is 42.9 Å². The molecule has 1 fully saturated rings. The number of hydrogen-bond donors (Lipinski definition) is 2. The SMILES string of the molecule is Cn1ccc([C@H]2[C@@H](c3ccccn3)NC(=S)N2CCO)c1. The van der Waals surface area contributed by atoms with Gasteiger partial charge in [-0.15, -0.1) is 0 Å². The Kier molecular flexibility index (Phi) is 3.90. The maximum atomic E-state index is 9.32. The molecule has 2 N–H and O–H groups in total. The number of aliphatic hydroxyl groups excluding tert-OH is 1. The third-order valence-electron chi connectivity index (χ3n) is 3.74.